The van der Waals surface area contributed by atoms with E-state index in [0.717, 1.165) is 6.20 Å². The predicted octanol–water partition coefficient (Wildman–Crippen LogP) is 1.03. The summed E-state index contributed by atoms with van der Waals surface area (Å²) in [5.41, 5.74) is 0.429. The van der Waals surface area contributed by atoms with Crippen molar-refractivity contribution < 1.29 is 14.3 Å². The summed E-state index contributed by atoms with van der Waals surface area (Å²) in [5, 5.41) is 12.6. The third-order valence-corrected chi connectivity index (χ3v) is 1.92. The Hall–Kier alpha value is -2.24. The van der Waals surface area contributed by atoms with Crippen LogP contribution in [0.4, 0.5) is 4.39 Å². The highest BCUT2D eigenvalue weighted by molar-refractivity contribution is 5.69. The highest BCUT2D eigenvalue weighted by Crippen LogP contribution is 2.05. The molecule has 5 nitrogen and oxygen atoms in total. The van der Waals surface area contributed by atoms with E-state index in [9.17, 15) is 9.18 Å². The average Bonchev–Trinajstić information content (AvgIpc) is 2.66. The Morgan fingerprint density at radius 2 is 2.25 bits per heavy atom. The van der Waals surface area contributed by atoms with E-state index < -0.39 is 11.8 Å². The van der Waals surface area contributed by atoms with Gasteiger partial charge in [0.15, 0.2) is 5.82 Å². The molecular weight excluding hydrogens is 213 g/mol. The fraction of sp³-hybridized carbons (Fsp3) is 0.100. The molecule has 16 heavy (non-hydrogen) atoms. The van der Waals surface area contributed by atoms with Gasteiger partial charge in [-0.2, -0.15) is 5.10 Å². The molecule has 0 aliphatic rings. The van der Waals surface area contributed by atoms with Gasteiger partial charge in [0.05, 0.1) is 18.3 Å². The molecular formula is C10H8FN3O2. The Morgan fingerprint density at radius 1 is 1.44 bits per heavy atom. The van der Waals surface area contributed by atoms with Gasteiger partial charge in [-0.3, -0.25) is 4.79 Å². The Bertz CT molecular complexity index is 507. The van der Waals surface area contributed by atoms with Gasteiger partial charge in [0.1, 0.15) is 5.82 Å². The third kappa shape index (κ3) is 2.22. The van der Waals surface area contributed by atoms with E-state index >= 15 is 0 Å². The summed E-state index contributed by atoms with van der Waals surface area (Å²) in [6, 6.07) is 4.31. The molecule has 0 aliphatic heterocycles. The lowest BCUT2D eigenvalue weighted by Gasteiger charge is -1.98. The smallest absolute Gasteiger partial charge is 0.309 e. The van der Waals surface area contributed by atoms with Gasteiger partial charge in [-0.1, -0.05) is 0 Å². The molecule has 0 radical (unpaired) electrons. The number of carboxylic acid groups (broad SMARTS) is 1. The number of hydrogen-bond donors (Lipinski definition) is 1. The monoisotopic (exact) mass is 221 g/mol. The van der Waals surface area contributed by atoms with Gasteiger partial charge in [-0.05, 0) is 18.2 Å². The average molecular weight is 221 g/mol. The zero-order valence-electron chi connectivity index (χ0n) is 8.17. The quantitative estimate of drug-likeness (QED) is 0.840. The van der Waals surface area contributed by atoms with Crippen LogP contribution < -0.4 is 0 Å². The molecule has 2 aromatic rings. The minimum atomic E-state index is -0.947. The largest absolute Gasteiger partial charge is 0.481 e. The first-order valence-electron chi connectivity index (χ1n) is 4.53. The van der Waals surface area contributed by atoms with Crippen LogP contribution in [0.2, 0.25) is 0 Å². The van der Waals surface area contributed by atoms with E-state index in [4.69, 9.17) is 5.11 Å². The molecule has 0 amide bonds. The molecule has 0 spiro atoms. The zero-order chi connectivity index (χ0) is 11.5. The Morgan fingerprint density at radius 3 is 2.88 bits per heavy atom. The van der Waals surface area contributed by atoms with Crippen molar-refractivity contribution in [2.75, 3.05) is 0 Å². The van der Waals surface area contributed by atoms with E-state index in [1.165, 1.54) is 16.8 Å². The molecule has 0 aromatic carbocycles. The van der Waals surface area contributed by atoms with Gasteiger partial charge < -0.3 is 5.11 Å². The summed E-state index contributed by atoms with van der Waals surface area (Å²) in [5.74, 6) is -0.933. The molecule has 0 fully saturated rings. The number of nitrogens with zero attached hydrogens (tertiary/aromatic N) is 3. The zero-order valence-corrected chi connectivity index (χ0v) is 8.17. The number of carboxylic acids is 1. The van der Waals surface area contributed by atoms with Crippen molar-refractivity contribution in [2.45, 2.75) is 6.42 Å². The van der Waals surface area contributed by atoms with Gasteiger partial charge in [0, 0.05) is 6.20 Å². The molecule has 0 unspecified atom stereocenters. The first-order valence-corrected chi connectivity index (χ1v) is 4.53. The fourth-order valence-electron chi connectivity index (χ4n) is 1.24. The third-order valence-electron chi connectivity index (χ3n) is 1.92. The van der Waals surface area contributed by atoms with Gasteiger partial charge in [-0.25, -0.2) is 14.1 Å². The van der Waals surface area contributed by atoms with Gasteiger partial charge in [0.2, 0.25) is 0 Å². The van der Waals surface area contributed by atoms with E-state index in [0.29, 0.717) is 11.5 Å². The van der Waals surface area contributed by atoms with E-state index in [1.807, 2.05) is 0 Å². The molecule has 1 N–H and O–H groups in total. The van der Waals surface area contributed by atoms with Crippen molar-refractivity contribution in [3.63, 3.8) is 0 Å². The van der Waals surface area contributed by atoms with Gasteiger partial charge in [0.25, 0.3) is 0 Å². The molecule has 0 atom stereocenters. The first kappa shape index (κ1) is 10.3. The second-order valence-electron chi connectivity index (χ2n) is 3.16. The maximum Gasteiger partial charge on any atom is 0.309 e. The van der Waals surface area contributed by atoms with Crippen molar-refractivity contribution in [2.24, 2.45) is 0 Å². The van der Waals surface area contributed by atoms with Crippen LogP contribution in [0.15, 0.2) is 30.6 Å². The SMILES string of the molecule is O=C(O)Cc1ccn(-c2ccc(F)cn2)n1. The normalized spacial score (nSPS) is 10.3. The van der Waals surface area contributed by atoms with Crippen molar-refractivity contribution in [1.29, 1.82) is 0 Å². The minimum absolute atomic E-state index is 0.145. The second kappa shape index (κ2) is 4.09. The van der Waals surface area contributed by atoms with Crippen molar-refractivity contribution in [3.8, 4) is 5.82 Å². The molecule has 6 heteroatoms. The Kier molecular flexibility index (Phi) is 2.63. The molecule has 2 heterocycles. The molecule has 2 aromatic heterocycles. The molecule has 82 valence electrons. The summed E-state index contributed by atoms with van der Waals surface area (Å²) in [6.45, 7) is 0. The molecule has 0 bridgehead atoms. The first-order chi connectivity index (χ1) is 7.65. The lowest BCUT2D eigenvalue weighted by Crippen LogP contribution is -2.03. The van der Waals surface area contributed by atoms with E-state index in [1.54, 1.807) is 12.3 Å². The number of rotatable bonds is 3. The minimum Gasteiger partial charge on any atom is -0.481 e. The number of aliphatic carboxylic acids is 1. The summed E-state index contributed by atoms with van der Waals surface area (Å²) >= 11 is 0. The summed E-state index contributed by atoms with van der Waals surface area (Å²) in [4.78, 5) is 14.3. The highest BCUT2D eigenvalue weighted by Gasteiger charge is 2.05. The summed E-state index contributed by atoms with van der Waals surface area (Å²) < 4.78 is 14.0. The van der Waals surface area contributed by atoms with Crippen molar-refractivity contribution in [3.05, 3.63) is 42.1 Å². The van der Waals surface area contributed by atoms with Crippen LogP contribution in [0.1, 0.15) is 5.69 Å². The number of halogens is 1. The molecule has 2 rings (SSSR count). The van der Waals surface area contributed by atoms with Crippen LogP contribution in [-0.2, 0) is 11.2 Å². The number of carbonyl (C=O) groups is 1. The summed E-state index contributed by atoms with van der Waals surface area (Å²) in [6.07, 6.45) is 2.51. The second-order valence-corrected chi connectivity index (χ2v) is 3.16. The van der Waals surface area contributed by atoms with Crippen LogP contribution in [0, 0.1) is 5.82 Å². The number of hydrogen-bond acceptors (Lipinski definition) is 3. The predicted molar refractivity (Wildman–Crippen MR) is 52.7 cm³/mol. The fourth-order valence-corrected chi connectivity index (χ4v) is 1.24. The van der Waals surface area contributed by atoms with Crippen molar-refractivity contribution in [1.82, 2.24) is 14.8 Å². The summed E-state index contributed by atoms with van der Waals surface area (Å²) in [7, 11) is 0. The lowest BCUT2D eigenvalue weighted by atomic mass is 10.3. The van der Waals surface area contributed by atoms with Gasteiger partial charge in [-0.15, -0.1) is 0 Å². The molecule has 0 aliphatic carbocycles. The maximum atomic E-state index is 12.6. The standard InChI is InChI=1S/C10H8FN3O2/c11-7-1-2-9(12-6-7)14-4-3-8(13-14)5-10(15)16/h1-4,6H,5H2,(H,15,16). The van der Waals surface area contributed by atoms with Crippen LogP contribution in [0.5, 0.6) is 0 Å². The number of aromatic nitrogens is 3. The Balaban J connectivity index is 2.24. The molecule has 0 saturated heterocycles. The van der Waals surface area contributed by atoms with Crippen molar-refractivity contribution >= 4 is 5.97 Å². The van der Waals surface area contributed by atoms with Crippen LogP contribution in [0.3, 0.4) is 0 Å². The number of pyridine rings is 1. The Labute approximate surface area is 90.2 Å². The topological polar surface area (TPSA) is 68.0 Å². The van der Waals surface area contributed by atoms with E-state index in [2.05, 4.69) is 10.1 Å². The highest BCUT2D eigenvalue weighted by atomic mass is 19.1. The van der Waals surface area contributed by atoms with E-state index in [-0.39, 0.29) is 6.42 Å². The molecule has 0 saturated carbocycles. The van der Waals surface area contributed by atoms with Crippen LogP contribution >= 0.6 is 0 Å². The lowest BCUT2D eigenvalue weighted by molar-refractivity contribution is -0.136. The van der Waals surface area contributed by atoms with Gasteiger partial charge >= 0.3 is 5.97 Å². The van der Waals surface area contributed by atoms with Crippen LogP contribution in [0.25, 0.3) is 5.82 Å². The van der Waals surface area contributed by atoms with Crippen LogP contribution in [-0.4, -0.2) is 25.8 Å². The maximum absolute atomic E-state index is 12.6.